The fourth-order valence-electron chi connectivity index (χ4n) is 1.70. The zero-order valence-corrected chi connectivity index (χ0v) is 10.6. The largest absolute Gasteiger partial charge is 0.393 e. The Hall–Kier alpha value is -2.71. The monoisotopic (exact) mass is 275 g/mol. The van der Waals surface area contributed by atoms with Crippen molar-refractivity contribution in [1.29, 1.82) is 0 Å². The first kappa shape index (κ1) is 13.7. The summed E-state index contributed by atoms with van der Waals surface area (Å²) in [5.41, 5.74) is 8.15. The summed E-state index contributed by atoms with van der Waals surface area (Å²) in [5, 5.41) is 6.08. The molecule has 0 aliphatic rings. The molecule has 104 valence electrons. The van der Waals surface area contributed by atoms with Crippen LogP contribution in [0.15, 0.2) is 29.1 Å². The fraction of sp³-hybridized carbons (Fsp3) is 0.0833. The van der Waals surface area contributed by atoms with E-state index < -0.39 is 11.5 Å². The molecule has 1 aromatic carbocycles. The Morgan fingerprint density at radius 1 is 1.35 bits per heavy atom. The number of carbonyl (C=O) groups is 1. The fourth-order valence-corrected chi connectivity index (χ4v) is 1.70. The second-order valence-electron chi connectivity index (χ2n) is 4.06. The second-order valence-corrected chi connectivity index (χ2v) is 4.06. The van der Waals surface area contributed by atoms with E-state index in [4.69, 9.17) is 11.6 Å². The van der Waals surface area contributed by atoms with Gasteiger partial charge in [-0.3, -0.25) is 4.79 Å². The maximum atomic E-state index is 11.8. The predicted octanol–water partition coefficient (Wildman–Crippen LogP) is -0.137. The number of nitrogens with two attached hydrogens (primary N) is 2. The molecule has 0 aliphatic heterocycles. The summed E-state index contributed by atoms with van der Waals surface area (Å²) in [7, 11) is 0. The van der Waals surface area contributed by atoms with Crippen molar-refractivity contribution in [2.45, 2.75) is 6.92 Å². The third-order valence-corrected chi connectivity index (χ3v) is 2.70. The number of nitrogens with one attached hydrogen (secondary N) is 2. The van der Waals surface area contributed by atoms with Gasteiger partial charge in [0.1, 0.15) is 16.9 Å². The van der Waals surface area contributed by atoms with E-state index >= 15 is 0 Å². The zero-order chi connectivity index (χ0) is 14.7. The Balaban J connectivity index is 2.64. The lowest BCUT2D eigenvalue weighted by Gasteiger charge is -2.09. The van der Waals surface area contributed by atoms with Crippen LogP contribution in [0.5, 0.6) is 0 Å². The van der Waals surface area contributed by atoms with E-state index in [2.05, 4.69) is 15.0 Å². The molecule has 0 aliphatic carbocycles. The van der Waals surface area contributed by atoms with Gasteiger partial charge in [-0.05, 0) is 6.92 Å². The highest BCUT2D eigenvalue weighted by atomic mass is 16.7. The number of nitrogen functional groups attached to an aromatic ring is 1. The number of aryl methyl sites for hydroxylation is 1. The quantitative estimate of drug-likeness (QED) is 0.452. The van der Waals surface area contributed by atoms with Crippen LogP contribution in [0.25, 0.3) is 11.3 Å². The number of rotatable bonds is 3. The number of aromatic nitrogens is 2. The van der Waals surface area contributed by atoms with Crippen LogP contribution in [-0.2, 0) is 4.84 Å². The van der Waals surface area contributed by atoms with E-state index in [-0.39, 0.29) is 16.9 Å². The molecule has 0 atom stereocenters. The summed E-state index contributed by atoms with van der Waals surface area (Å²) in [6, 6.07) is 7.19. The lowest BCUT2D eigenvalue weighted by molar-refractivity contribution is 0.0255. The number of hydrazine groups is 1. The third-order valence-electron chi connectivity index (χ3n) is 2.70. The standard InChI is InChI=1S/C12H13N5O3/c1-6-2-4-7(5-3-6)10-8(12(19)20-17-14)9(13)11(18)16-15-10/h2-5,17H,14H2,1H3,(H2,13,15)(H,16,18). The molecular weight excluding hydrogens is 262 g/mol. The Morgan fingerprint density at radius 2 is 2.00 bits per heavy atom. The van der Waals surface area contributed by atoms with Crippen LogP contribution in [-0.4, -0.2) is 16.2 Å². The Labute approximate surface area is 113 Å². The normalized spacial score (nSPS) is 10.3. The number of hydrogen-bond acceptors (Lipinski definition) is 7. The molecule has 0 saturated carbocycles. The smallest absolute Gasteiger partial charge is 0.362 e. The number of carbonyl (C=O) groups excluding carboxylic acids is 1. The molecule has 1 aromatic heterocycles. The molecule has 0 bridgehead atoms. The Bertz CT molecular complexity index is 693. The molecule has 2 aromatic rings. The number of aromatic amines is 1. The van der Waals surface area contributed by atoms with E-state index in [1.54, 1.807) is 17.7 Å². The molecule has 8 nitrogen and oxygen atoms in total. The number of hydrogen-bond donors (Lipinski definition) is 4. The van der Waals surface area contributed by atoms with Gasteiger partial charge in [0.05, 0.1) is 0 Å². The van der Waals surface area contributed by atoms with Gasteiger partial charge in [0.15, 0.2) is 0 Å². The molecular formula is C12H13N5O3. The van der Waals surface area contributed by atoms with Crippen molar-refractivity contribution in [3.63, 3.8) is 0 Å². The summed E-state index contributed by atoms with van der Waals surface area (Å²) in [6.45, 7) is 1.92. The highest BCUT2D eigenvalue weighted by Crippen LogP contribution is 2.23. The van der Waals surface area contributed by atoms with Crippen molar-refractivity contribution in [1.82, 2.24) is 15.8 Å². The van der Waals surface area contributed by atoms with E-state index in [1.807, 2.05) is 19.1 Å². The van der Waals surface area contributed by atoms with Crippen LogP contribution in [0.3, 0.4) is 0 Å². The van der Waals surface area contributed by atoms with Crippen LogP contribution >= 0.6 is 0 Å². The SMILES string of the molecule is Cc1ccc(-c2n[nH]c(=O)c(N)c2C(=O)ONN)cc1. The summed E-state index contributed by atoms with van der Waals surface area (Å²) in [4.78, 5) is 27.8. The van der Waals surface area contributed by atoms with Gasteiger partial charge in [-0.1, -0.05) is 35.4 Å². The minimum Gasteiger partial charge on any atom is -0.393 e. The van der Waals surface area contributed by atoms with E-state index in [1.165, 1.54) is 0 Å². The molecule has 0 spiro atoms. The number of nitrogens with zero attached hydrogens (tertiary/aromatic N) is 1. The lowest BCUT2D eigenvalue weighted by atomic mass is 10.0. The molecule has 0 radical (unpaired) electrons. The molecule has 20 heavy (non-hydrogen) atoms. The van der Waals surface area contributed by atoms with Crippen LogP contribution < -0.4 is 22.7 Å². The van der Waals surface area contributed by atoms with Crippen molar-refractivity contribution in [2.24, 2.45) is 5.84 Å². The molecule has 2 rings (SSSR count). The van der Waals surface area contributed by atoms with Gasteiger partial charge in [0.2, 0.25) is 0 Å². The van der Waals surface area contributed by atoms with Crippen molar-refractivity contribution in [3.8, 4) is 11.3 Å². The average Bonchev–Trinajstić information content (AvgIpc) is 2.43. The van der Waals surface area contributed by atoms with Crippen molar-refractivity contribution in [3.05, 3.63) is 45.7 Å². The van der Waals surface area contributed by atoms with Gasteiger partial charge in [0, 0.05) is 5.56 Å². The van der Waals surface area contributed by atoms with Gasteiger partial charge >= 0.3 is 5.97 Å². The molecule has 0 saturated heterocycles. The number of anilines is 1. The Morgan fingerprint density at radius 3 is 2.60 bits per heavy atom. The molecule has 0 fully saturated rings. The van der Waals surface area contributed by atoms with E-state index in [0.717, 1.165) is 5.56 Å². The first-order valence-corrected chi connectivity index (χ1v) is 5.66. The third kappa shape index (κ3) is 2.51. The predicted molar refractivity (Wildman–Crippen MR) is 72.2 cm³/mol. The van der Waals surface area contributed by atoms with E-state index in [9.17, 15) is 9.59 Å². The summed E-state index contributed by atoms with van der Waals surface area (Å²) < 4.78 is 0. The molecule has 1 heterocycles. The first-order valence-electron chi connectivity index (χ1n) is 5.66. The second kappa shape index (κ2) is 5.51. The maximum absolute atomic E-state index is 11.8. The topological polar surface area (TPSA) is 136 Å². The molecule has 0 amide bonds. The van der Waals surface area contributed by atoms with Gasteiger partial charge in [-0.2, -0.15) is 5.10 Å². The van der Waals surface area contributed by atoms with Crippen LogP contribution in [0.2, 0.25) is 0 Å². The number of H-pyrrole nitrogens is 1. The molecule has 0 unspecified atom stereocenters. The van der Waals surface area contributed by atoms with Crippen molar-refractivity contribution >= 4 is 11.7 Å². The lowest BCUT2D eigenvalue weighted by Crippen LogP contribution is -2.29. The van der Waals surface area contributed by atoms with E-state index in [0.29, 0.717) is 5.56 Å². The minimum atomic E-state index is -0.890. The minimum absolute atomic E-state index is 0.143. The molecule has 8 heteroatoms. The summed E-state index contributed by atoms with van der Waals surface area (Å²) >= 11 is 0. The van der Waals surface area contributed by atoms with Crippen LogP contribution in [0.4, 0.5) is 5.69 Å². The number of benzene rings is 1. The van der Waals surface area contributed by atoms with Gasteiger partial charge in [0.25, 0.3) is 5.56 Å². The van der Waals surface area contributed by atoms with Crippen molar-refractivity contribution in [2.75, 3.05) is 5.73 Å². The summed E-state index contributed by atoms with van der Waals surface area (Å²) in [5.74, 6) is 4.03. The zero-order valence-electron chi connectivity index (χ0n) is 10.6. The van der Waals surface area contributed by atoms with Gasteiger partial charge < -0.3 is 10.6 Å². The van der Waals surface area contributed by atoms with Crippen LogP contribution in [0, 0.1) is 6.92 Å². The average molecular weight is 275 g/mol. The van der Waals surface area contributed by atoms with Crippen molar-refractivity contribution < 1.29 is 9.63 Å². The molecule has 6 N–H and O–H groups in total. The first-order chi connectivity index (χ1) is 9.54. The highest BCUT2D eigenvalue weighted by Gasteiger charge is 2.22. The van der Waals surface area contributed by atoms with Gasteiger partial charge in [-0.25, -0.2) is 15.7 Å². The highest BCUT2D eigenvalue weighted by molar-refractivity contribution is 6.00. The maximum Gasteiger partial charge on any atom is 0.362 e. The van der Waals surface area contributed by atoms with Gasteiger partial charge in [-0.15, -0.1) is 0 Å². The Kier molecular flexibility index (Phi) is 3.78. The summed E-state index contributed by atoms with van der Waals surface area (Å²) in [6.07, 6.45) is 0. The van der Waals surface area contributed by atoms with Crippen LogP contribution in [0.1, 0.15) is 15.9 Å².